The smallest absolute Gasteiger partial charge is 0.0632 e. The minimum atomic E-state index is 0.976. The van der Waals surface area contributed by atoms with Gasteiger partial charge >= 0.3 is 0 Å². The first-order valence-corrected chi connectivity index (χ1v) is 6.35. The third kappa shape index (κ3) is 4.43. The van der Waals surface area contributed by atoms with Crippen molar-refractivity contribution in [3.05, 3.63) is 72.4 Å². The molecule has 0 aromatic heterocycles. The number of rotatable bonds is 4. The molecule has 0 unspecified atom stereocenters. The van der Waals surface area contributed by atoms with Crippen LogP contribution in [0.25, 0.3) is 0 Å². The van der Waals surface area contributed by atoms with Crippen LogP contribution in [-0.4, -0.2) is 5.71 Å². The molecule has 0 heterocycles. The standard InChI is InChI=1S/C17H18N2/c1-14(18-16-9-5-3-6-10-16)13-15(2)19-17-11-7-4-8-12-17/h3-13,18H,1-2H3/b14-13+,19-15?. The van der Waals surface area contributed by atoms with Crippen LogP contribution in [0, 0.1) is 0 Å². The number of benzene rings is 2. The van der Waals surface area contributed by atoms with Gasteiger partial charge in [-0.05, 0) is 44.2 Å². The minimum absolute atomic E-state index is 0.976. The Hall–Kier alpha value is -2.35. The summed E-state index contributed by atoms with van der Waals surface area (Å²) in [6.45, 7) is 4.04. The van der Waals surface area contributed by atoms with Crippen molar-refractivity contribution in [1.29, 1.82) is 0 Å². The highest BCUT2D eigenvalue weighted by molar-refractivity contribution is 5.95. The number of hydrogen-bond acceptors (Lipinski definition) is 2. The van der Waals surface area contributed by atoms with Crippen molar-refractivity contribution in [2.24, 2.45) is 4.99 Å². The molecule has 0 saturated heterocycles. The van der Waals surface area contributed by atoms with E-state index in [2.05, 4.69) is 10.3 Å². The van der Waals surface area contributed by atoms with E-state index in [0.717, 1.165) is 22.8 Å². The van der Waals surface area contributed by atoms with Crippen molar-refractivity contribution in [1.82, 2.24) is 0 Å². The second-order valence-corrected chi connectivity index (χ2v) is 4.41. The van der Waals surface area contributed by atoms with E-state index < -0.39 is 0 Å². The summed E-state index contributed by atoms with van der Waals surface area (Å²) in [4.78, 5) is 4.54. The summed E-state index contributed by atoms with van der Waals surface area (Å²) >= 11 is 0. The highest BCUT2D eigenvalue weighted by atomic mass is 14.9. The molecule has 2 aromatic carbocycles. The predicted octanol–water partition coefficient (Wildman–Crippen LogP) is 4.79. The number of nitrogens with zero attached hydrogens (tertiary/aromatic N) is 1. The third-order valence-electron chi connectivity index (χ3n) is 2.60. The Morgan fingerprint density at radius 1 is 0.895 bits per heavy atom. The zero-order valence-corrected chi connectivity index (χ0v) is 11.3. The van der Waals surface area contributed by atoms with Gasteiger partial charge in [0, 0.05) is 17.1 Å². The van der Waals surface area contributed by atoms with E-state index in [1.54, 1.807) is 0 Å². The number of hydrogen-bond donors (Lipinski definition) is 1. The fourth-order valence-electron chi connectivity index (χ4n) is 1.84. The second kappa shape index (κ2) is 6.55. The molecule has 0 atom stereocenters. The fourth-order valence-corrected chi connectivity index (χ4v) is 1.84. The topological polar surface area (TPSA) is 24.4 Å². The zero-order valence-electron chi connectivity index (χ0n) is 11.3. The number of para-hydroxylation sites is 2. The van der Waals surface area contributed by atoms with Gasteiger partial charge in [0.25, 0.3) is 0 Å². The monoisotopic (exact) mass is 250 g/mol. The van der Waals surface area contributed by atoms with Gasteiger partial charge < -0.3 is 5.32 Å². The Labute approximate surface area is 114 Å². The van der Waals surface area contributed by atoms with Crippen molar-refractivity contribution in [3.63, 3.8) is 0 Å². The summed E-state index contributed by atoms with van der Waals surface area (Å²) < 4.78 is 0. The maximum Gasteiger partial charge on any atom is 0.0632 e. The summed E-state index contributed by atoms with van der Waals surface area (Å²) in [6, 6.07) is 20.1. The lowest BCUT2D eigenvalue weighted by Gasteiger charge is -2.06. The quantitative estimate of drug-likeness (QED) is 0.775. The van der Waals surface area contributed by atoms with Gasteiger partial charge in [-0.15, -0.1) is 0 Å². The van der Waals surface area contributed by atoms with Gasteiger partial charge in [0.1, 0.15) is 0 Å². The molecule has 0 spiro atoms. The molecule has 2 aromatic rings. The summed E-state index contributed by atoms with van der Waals surface area (Å²) in [6.07, 6.45) is 2.04. The van der Waals surface area contributed by atoms with E-state index in [1.165, 1.54) is 0 Å². The van der Waals surface area contributed by atoms with E-state index >= 15 is 0 Å². The van der Waals surface area contributed by atoms with Gasteiger partial charge in [0.05, 0.1) is 5.69 Å². The van der Waals surface area contributed by atoms with Crippen LogP contribution in [0.5, 0.6) is 0 Å². The van der Waals surface area contributed by atoms with E-state index in [0.29, 0.717) is 0 Å². The average molecular weight is 250 g/mol. The van der Waals surface area contributed by atoms with Crippen LogP contribution in [0.3, 0.4) is 0 Å². The Kier molecular flexibility index (Phi) is 4.51. The lowest BCUT2D eigenvalue weighted by molar-refractivity contribution is 1.37. The molecule has 0 saturated carbocycles. The van der Waals surface area contributed by atoms with Crippen LogP contribution in [0.15, 0.2) is 77.4 Å². The Bertz CT molecular complexity index is 569. The first kappa shape index (κ1) is 13.1. The van der Waals surface area contributed by atoms with E-state index in [1.807, 2.05) is 80.6 Å². The average Bonchev–Trinajstić information content (AvgIpc) is 2.40. The number of anilines is 1. The largest absolute Gasteiger partial charge is 0.359 e. The molecule has 1 N–H and O–H groups in total. The van der Waals surface area contributed by atoms with Gasteiger partial charge in [-0.3, -0.25) is 4.99 Å². The molecule has 2 heteroatoms. The molecule has 19 heavy (non-hydrogen) atoms. The Morgan fingerprint density at radius 3 is 2.11 bits per heavy atom. The molecule has 0 radical (unpaired) electrons. The minimum Gasteiger partial charge on any atom is -0.359 e. The normalized spacial score (nSPS) is 12.3. The molecule has 0 aliphatic heterocycles. The molecular weight excluding hydrogens is 232 g/mol. The molecule has 0 aliphatic rings. The maximum absolute atomic E-state index is 4.54. The fraction of sp³-hybridized carbons (Fsp3) is 0.118. The lowest BCUT2D eigenvalue weighted by atomic mass is 10.2. The Balaban J connectivity index is 2.06. The van der Waals surface area contributed by atoms with E-state index in [4.69, 9.17) is 0 Å². The SMILES string of the molecule is CC(/C=C(\C)Nc1ccccc1)=Nc1ccccc1. The van der Waals surface area contributed by atoms with Crippen LogP contribution >= 0.6 is 0 Å². The second-order valence-electron chi connectivity index (χ2n) is 4.41. The van der Waals surface area contributed by atoms with Crippen molar-refractivity contribution in [3.8, 4) is 0 Å². The number of aliphatic imine (C=N–C) groups is 1. The van der Waals surface area contributed by atoms with Crippen molar-refractivity contribution < 1.29 is 0 Å². The third-order valence-corrected chi connectivity index (χ3v) is 2.60. The molecule has 0 aliphatic carbocycles. The molecule has 2 nitrogen and oxygen atoms in total. The van der Waals surface area contributed by atoms with Gasteiger partial charge in [0.15, 0.2) is 0 Å². The van der Waals surface area contributed by atoms with Crippen molar-refractivity contribution in [2.45, 2.75) is 13.8 Å². The van der Waals surface area contributed by atoms with E-state index in [9.17, 15) is 0 Å². The van der Waals surface area contributed by atoms with Gasteiger partial charge in [-0.25, -0.2) is 0 Å². The molecule has 0 fully saturated rings. The maximum atomic E-state index is 4.54. The number of allylic oxidation sites excluding steroid dienone is 2. The molecule has 0 bridgehead atoms. The highest BCUT2D eigenvalue weighted by Gasteiger charge is 1.93. The first-order valence-electron chi connectivity index (χ1n) is 6.35. The van der Waals surface area contributed by atoms with Crippen molar-refractivity contribution >= 4 is 17.1 Å². The van der Waals surface area contributed by atoms with Crippen molar-refractivity contribution in [2.75, 3.05) is 5.32 Å². The van der Waals surface area contributed by atoms with E-state index in [-0.39, 0.29) is 0 Å². The molecule has 96 valence electrons. The first-order chi connectivity index (χ1) is 9.24. The van der Waals surface area contributed by atoms with Gasteiger partial charge in [-0.1, -0.05) is 36.4 Å². The van der Waals surface area contributed by atoms with Crippen LogP contribution < -0.4 is 5.32 Å². The summed E-state index contributed by atoms with van der Waals surface area (Å²) in [7, 11) is 0. The van der Waals surface area contributed by atoms with Gasteiger partial charge in [-0.2, -0.15) is 0 Å². The zero-order chi connectivity index (χ0) is 13.5. The Morgan fingerprint density at radius 2 is 1.47 bits per heavy atom. The lowest BCUT2D eigenvalue weighted by Crippen LogP contribution is -1.98. The number of nitrogens with one attached hydrogen (secondary N) is 1. The molecule has 2 rings (SSSR count). The highest BCUT2D eigenvalue weighted by Crippen LogP contribution is 2.12. The molecular formula is C17H18N2. The summed E-state index contributed by atoms with van der Waals surface area (Å²) in [5, 5.41) is 3.34. The summed E-state index contributed by atoms with van der Waals surface area (Å²) in [5.41, 5.74) is 4.11. The summed E-state index contributed by atoms with van der Waals surface area (Å²) in [5.74, 6) is 0. The van der Waals surface area contributed by atoms with Crippen LogP contribution in [-0.2, 0) is 0 Å². The van der Waals surface area contributed by atoms with Gasteiger partial charge in [0.2, 0.25) is 0 Å². The van der Waals surface area contributed by atoms with Crippen LogP contribution in [0.4, 0.5) is 11.4 Å². The predicted molar refractivity (Wildman–Crippen MR) is 83.0 cm³/mol. The molecule has 0 amide bonds. The van der Waals surface area contributed by atoms with Crippen LogP contribution in [0.2, 0.25) is 0 Å². The van der Waals surface area contributed by atoms with Crippen LogP contribution in [0.1, 0.15) is 13.8 Å².